The third kappa shape index (κ3) is 2.88. The maximum Gasteiger partial charge on any atom is 0.415 e. The third-order valence-corrected chi connectivity index (χ3v) is 2.31. The number of nitrogens with zero attached hydrogens (tertiary/aromatic N) is 2. The van der Waals surface area contributed by atoms with Crippen molar-refractivity contribution in [3.8, 4) is 0 Å². The lowest BCUT2D eigenvalue weighted by atomic mass is 10.2. The van der Waals surface area contributed by atoms with E-state index in [1.54, 1.807) is 13.8 Å². The minimum atomic E-state index is -1.42. The minimum absolute atomic E-state index is 0.351. The summed E-state index contributed by atoms with van der Waals surface area (Å²) in [6.07, 6.45) is -1.42. The summed E-state index contributed by atoms with van der Waals surface area (Å²) in [5.41, 5.74) is 0.305. The Hall–Kier alpha value is -1.30. The maximum atomic E-state index is 5.56. The van der Waals surface area contributed by atoms with Gasteiger partial charge in [-0.25, -0.2) is 0 Å². The van der Waals surface area contributed by atoms with Crippen LogP contribution in [-0.4, -0.2) is 18.9 Å². The molecule has 0 amide bonds. The number of rotatable bonds is 4. The topological polar surface area (TPSA) is 52.4 Å². The van der Waals surface area contributed by atoms with E-state index in [1.165, 1.54) is 7.11 Å². The predicted molar refractivity (Wildman–Crippen MR) is 61.0 cm³/mol. The number of azo groups is 1. The maximum absolute atomic E-state index is 5.56. The lowest BCUT2D eigenvalue weighted by Gasteiger charge is -2.25. The molecule has 0 aromatic heterocycles. The molecule has 5 nitrogen and oxygen atoms in total. The smallest absolute Gasteiger partial charge is 0.310 e. The first-order chi connectivity index (χ1) is 8.05. The quantitative estimate of drug-likeness (QED) is 0.755. The van der Waals surface area contributed by atoms with Gasteiger partial charge in [-0.2, -0.15) is 5.11 Å². The number of hydrogen-bond acceptors (Lipinski definition) is 5. The Labute approximate surface area is 100 Å². The molecule has 0 N–H and O–H groups in total. The van der Waals surface area contributed by atoms with Gasteiger partial charge in [0.05, 0.1) is 6.61 Å². The van der Waals surface area contributed by atoms with Gasteiger partial charge in [-0.1, -0.05) is 35.4 Å². The number of benzene rings is 1. The summed E-state index contributed by atoms with van der Waals surface area (Å²) in [5, 5.41) is 7.87. The van der Waals surface area contributed by atoms with E-state index < -0.39 is 11.8 Å². The average molecular weight is 236 g/mol. The van der Waals surface area contributed by atoms with Gasteiger partial charge in [0.15, 0.2) is 5.72 Å². The van der Waals surface area contributed by atoms with E-state index in [0.717, 1.165) is 5.56 Å². The Morgan fingerprint density at radius 3 is 2.41 bits per heavy atom. The van der Waals surface area contributed by atoms with Crippen LogP contribution >= 0.6 is 0 Å². The van der Waals surface area contributed by atoms with Crippen molar-refractivity contribution in [3.63, 3.8) is 0 Å². The van der Waals surface area contributed by atoms with E-state index >= 15 is 0 Å². The third-order valence-electron chi connectivity index (χ3n) is 2.31. The normalized spacial score (nSPS) is 26.3. The first-order valence-corrected chi connectivity index (χ1v) is 5.42. The standard InChI is InChI=1S/C12H16N2O3/c1-11(2)13-14-12(15-3,17-11)16-9-10-7-5-4-6-8-10/h4-8H,9H2,1-3H3. The SMILES string of the molecule is COC1(OCc2ccccc2)N=NC(C)(C)O1. The highest BCUT2D eigenvalue weighted by Gasteiger charge is 2.45. The highest BCUT2D eigenvalue weighted by molar-refractivity contribution is 5.13. The molecule has 0 radical (unpaired) electrons. The van der Waals surface area contributed by atoms with Crippen LogP contribution in [0.4, 0.5) is 0 Å². The van der Waals surface area contributed by atoms with Crippen molar-refractivity contribution in [2.45, 2.75) is 32.3 Å². The molecular formula is C12H16N2O3. The van der Waals surface area contributed by atoms with Gasteiger partial charge in [0, 0.05) is 7.11 Å². The fourth-order valence-electron chi connectivity index (χ4n) is 1.49. The van der Waals surface area contributed by atoms with Crippen LogP contribution in [0.1, 0.15) is 19.4 Å². The lowest BCUT2D eigenvalue weighted by molar-refractivity contribution is -0.380. The fourth-order valence-corrected chi connectivity index (χ4v) is 1.49. The Bertz CT molecular complexity index is 405. The molecule has 17 heavy (non-hydrogen) atoms. The molecule has 1 aromatic carbocycles. The molecule has 1 aliphatic heterocycles. The molecule has 1 aliphatic rings. The van der Waals surface area contributed by atoms with Gasteiger partial charge in [-0.3, -0.25) is 4.74 Å². The van der Waals surface area contributed by atoms with E-state index in [1.807, 2.05) is 30.3 Å². The first-order valence-electron chi connectivity index (χ1n) is 5.42. The van der Waals surface area contributed by atoms with Crippen molar-refractivity contribution in [1.29, 1.82) is 0 Å². The zero-order chi connectivity index (χ0) is 12.4. The summed E-state index contributed by atoms with van der Waals surface area (Å²) in [7, 11) is 1.48. The van der Waals surface area contributed by atoms with Crippen LogP contribution < -0.4 is 0 Å². The molecule has 5 heteroatoms. The largest absolute Gasteiger partial charge is 0.415 e. The molecule has 0 saturated carbocycles. The van der Waals surface area contributed by atoms with E-state index in [0.29, 0.717) is 6.61 Å². The number of ether oxygens (including phenoxy) is 3. The summed E-state index contributed by atoms with van der Waals surface area (Å²) < 4.78 is 16.2. The predicted octanol–water partition coefficient (Wildman–Crippen LogP) is 2.68. The van der Waals surface area contributed by atoms with Gasteiger partial charge in [-0.05, 0) is 19.4 Å². The summed E-state index contributed by atoms with van der Waals surface area (Å²) in [6.45, 7) is 3.94. The average Bonchev–Trinajstić information content (AvgIpc) is 2.65. The molecule has 0 bridgehead atoms. The Kier molecular flexibility index (Phi) is 3.24. The molecule has 0 spiro atoms. The van der Waals surface area contributed by atoms with Crippen LogP contribution in [0.3, 0.4) is 0 Å². The van der Waals surface area contributed by atoms with Gasteiger partial charge >= 0.3 is 6.10 Å². The highest BCUT2D eigenvalue weighted by atomic mass is 16.9. The van der Waals surface area contributed by atoms with E-state index in [9.17, 15) is 0 Å². The Morgan fingerprint density at radius 1 is 1.18 bits per heavy atom. The summed E-state index contributed by atoms with van der Waals surface area (Å²) in [5.74, 6) is 0. The van der Waals surface area contributed by atoms with Crippen LogP contribution in [0.5, 0.6) is 0 Å². The van der Waals surface area contributed by atoms with E-state index in [-0.39, 0.29) is 0 Å². The van der Waals surface area contributed by atoms with Crippen molar-refractivity contribution in [3.05, 3.63) is 35.9 Å². The second kappa shape index (κ2) is 4.52. The number of hydrogen-bond donors (Lipinski definition) is 0. The van der Waals surface area contributed by atoms with Crippen molar-refractivity contribution < 1.29 is 14.2 Å². The number of methoxy groups -OCH3 is 1. The van der Waals surface area contributed by atoms with Crippen LogP contribution in [0.2, 0.25) is 0 Å². The highest BCUT2D eigenvalue weighted by Crippen LogP contribution is 2.33. The monoisotopic (exact) mass is 236 g/mol. The van der Waals surface area contributed by atoms with E-state index in [4.69, 9.17) is 14.2 Å². The molecule has 1 unspecified atom stereocenters. The first kappa shape index (κ1) is 12.2. The summed E-state index contributed by atoms with van der Waals surface area (Å²) >= 11 is 0. The molecule has 2 rings (SSSR count). The van der Waals surface area contributed by atoms with Crippen LogP contribution in [0.15, 0.2) is 40.6 Å². The van der Waals surface area contributed by atoms with Gasteiger partial charge in [0.25, 0.3) is 0 Å². The fraction of sp³-hybridized carbons (Fsp3) is 0.500. The second-order valence-electron chi connectivity index (χ2n) is 4.25. The molecule has 1 aromatic rings. The summed E-state index contributed by atoms with van der Waals surface area (Å²) in [6, 6.07) is 9.75. The molecule has 92 valence electrons. The molecular weight excluding hydrogens is 220 g/mol. The lowest BCUT2D eigenvalue weighted by Crippen LogP contribution is -2.37. The van der Waals surface area contributed by atoms with Crippen molar-refractivity contribution >= 4 is 0 Å². The van der Waals surface area contributed by atoms with Gasteiger partial charge in [0.1, 0.15) is 0 Å². The Balaban J connectivity index is 2.00. The molecule has 0 aliphatic carbocycles. The van der Waals surface area contributed by atoms with Gasteiger partial charge in [-0.15, -0.1) is 0 Å². The second-order valence-corrected chi connectivity index (χ2v) is 4.25. The molecule has 1 heterocycles. The minimum Gasteiger partial charge on any atom is -0.310 e. The molecule has 1 atom stereocenters. The molecule has 0 saturated heterocycles. The van der Waals surface area contributed by atoms with Gasteiger partial charge < -0.3 is 9.47 Å². The van der Waals surface area contributed by atoms with Crippen molar-refractivity contribution in [2.24, 2.45) is 10.2 Å². The van der Waals surface area contributed by atoms with E-state index in [2.05, 4.69) is 10.2 Å². The zero-order valence-electron chi connectivity index (χ0n) is 10.2. The Morgan fingerprint density at radius 2 is 1.88 bits per heavy atom. The van der Waals surface area contributed by atoms with Crippen LogP contribution in [-0.2, 0) is 20.8 Å². The zero-order valence-corrected chi connectivity index (χ0v) is 10.2. The summed E-state index contributed by atoms with van der Waals surface area (Å²) in [4.78, 5) is 0. The molecule has 0 fully saturated rings. The van der Waals surface area contributed by atoms with Crippen molar-refractivity contribution in [1.82, 2.24) is 0 Å². The van der Waals surface area contributed by atoms with Crippen molar-refractivity contribution in [2.75, 3.05) is 7.11 Å². The van der Waals surface area contributed by atoms with Crippen LogP contribution in [0.25, 0.3) is 0 Å². The van der Waals surface area contributed by atoms with Crippen LogP contribution in [0, 0.1) is 0 Å². The van der Waals surface area contributed by atoms with Gasteiger partial charge in [0.2, 0.25) is 0 Å².